The maximum absolute atomic E-state index is 12.9. The van der Waals surface area contributed by atoms with E-state index in [1.54, 1.807) is 0 Å². The highest BCUT2D eigenvalue weighted by atomic mass is 16.6. The monoisotopic (exact) mass is 993 g/mol. The topological polar surface area (TPSA) is 78.9 Å². The number of hydrogen-bond acceptors (Lipinski definition) is 6. The SMILES string of the molecule is CCCCC/C=C\C/C=C\C/C=C\CCCCC(=O)OC[C@H](COC(=O)CCCCCCCCCCCCC/C=C\CCCCCCCC)OC(=O)CCCCCCCCC/C=C\CCCCCCCC. The highest BCUT2D eigenvalue weighted by molar-refractivity contribution is 5.71. The van der Waals surface area contributed by atoms with Gasteiger partial charge in [0.05, 0.1) is 0 Å². The molecule has 412 valence electrons. The molecule has 71 heavy (non-hydrogen) atoms. The largest absolute Gasteiger partial charge is 0.462 e. The van der Waals surface area contributed by atoms with Crippen molar-refractivity contribution in [2.75, 3.05) is 13.2 Å². The number of esters is 3. The summed E-state index contributed by atoms with van der Waals surface area (Å²) < 4.78 is 16.9. The molecule has 0 rings (SSSR count). The number of carbonyl (C=O) groups is 3. The van der Waals surface area contributed by atoms with E-state index >= 15 is 0 Å². The van der Waals surface area contributed by atoms with Crippen LogP contribution < -0.4 is 0 Å². The summed E-state index contributed by atoms with van der Waals surface area (Å²) in [7, 11) is 0. The number of carbonyl (C=O) groups excluding carboxylic acids is 3. The van der Waals surface area contributed by atoms with Crippen LogP contribution in [0.5, 0.6) is 0 Å². The maximum Gasteiger partial charge on any atom is 0.306 e. The molecule has 0 saturated carbocycles. The van der Waals surface area contributed by atoms with Crippen molar-refractivity contribution in [3.05, 3.63) is 60.8 Å². The van der Waals surface area contributed by atoms with Gasteiger partial charge in [-0.25, -0.2) is 0 Å². The first-order valence-corrected chi connectivity index (χ1v) is 30.8. The van der Waals surface area contributed by atoms with Crippen molar-refractivity contribution in [3.63, 3.8) is 0 Å². The molecule has 6 heteroatoms. The molecule has 0 radical (unpaired) electrons. The Kier molecular flexibility index (Phi) is 57.2. The molecule has 0 aliphatic carbocycles. The van der Waals surface area contributed by atoms with Crippen molar-refractivity contribution >= 4 is 17.9 Å². The zero-order valence-electron chi connectivity index (χ0n) is 47.2. The average molecular weight is 994 g/mol. The predicted molar refractivity (Wildman–Crippen MR) is 307 cm³/mol. The predicted octanol–water partition coefficient (Wildman–Crippen LogP) is 20.8. The minimum absolute atomic E-state index is 0.0868. The van der Waals surface area contributed by atoms with Gasteiger partial charge in [-0.05, 0) is 109 Å². The molecule has 0 spiro atoms. The van der Waals surface area contributed by atoms with Crippen molar-refractivity contribution in [1.29, 1.82) is 0 Å². The Hall–Kier alpha value is -2.89. The third-order valence-corrected chi connectivity index (χ3v) is 13.5. The van der Waals surface area contributed by atoms with Gasteiger partial charge in [0.25, 0.3) is 0 Å². The molecule has 0 unspecified atom stereocenters. The second kappa shape index (κ2) is 59.7. The molecule has 0 bridgehead atoms. The van der Waals surface area contributed by atoms with Crippen LogP contribution in [-0.4, -0.2) is 37.2 Å². The molecule has 0 saturated heterocycles. The lowest BCUT2D eigenvalue weighted by molar-refractivity contribution is -0.167. The van der Waals surface area contributed by atoms with Crippen LogP contribution in [0.15, 0.2) is 60.8 Å². The third kappa shape index (κ3) is 57.9. The van der Waals surface area contributed by atoms with E-state index in [4.69, 9.17) is 14.2 Å². The Labute approximate surface area is 440 Å². The van der Waals surface area contributed by atoms with Crippen LogP contribution in [0.1, 0.15) is 316 Å². The molecule has 0 aliphatic rings. The molecular formula is C65H116O6. The van der Waals surface area contributed by atoms with Gasteiger partial charge in [0.1, 0.15) is 13.2 Å². The van der Waals surface area contributed by atoms with Crippen molar-refractivity contribution < 1.29 is 28.6 Å². The summed E-state index contributed by atoms with van der Waals surface area (Å²) in [5.74, 6) is -0.918. The molecule has 1 atom stereocenters. The molecule has 0 N–H and O–H groups in total. The van der Waals surface area contributed by atoms with Gasteiger partial charge in [0.15, 0.2) is 6.10 Å². The Morgan fingerprint density at radius 1 is 0.282 bits per heavy atom. The quantitative estimate of drug-likeness (QED) is 0.0261. The molecule has 6 nitrogen and oxygen atoms in total. The summed E-state index contributed by atoms with van der Waals surface area (Å²) in [6.07, 6.45) is 75.0. The Balaban J connectivity index is 4.38. The highest BCUT2D eigenvalue weighted by Crippen LogP contribution is 2.16. The van der Waals surface area contributed by atoms with E-state index in [1.807, 2.05) is 0 Å². The van der Waals surface area contributed by atoms with Crippen molar-refractivity contribution in [2.24, 2.45) is 0 Å². The molecule has 0 fully saturated rings. The van der Waals surface area contributed by atoms with E-state index < -0.39 is 6.10 Å². The molecule has 0 heterocycles. The number of rotatable bonds is 56. The number of ether oxygens (including phenoxy) is 3. The van der Waals surface area contributed by atoms with E-state index in [9.17, 15) is 14.4 Å². The number of allylic oxidation sites excluding steroid dienone is 10. The zero-order chi connectivity index (χ0) is 51.4. The fourth-order valence-corrected chi connectivity index (χ4v) is 8.79. The standard InChI is InChI=1S/C65H116O6/c1-4-7-10-13-16-19-22-25-28-30-31-32-33-35-37-40-43-46-49-52-55-58-64(67)70-61-62(60-69-63(66)57-54-51-48-45-42-39-36-27-24-21-18-15-12-9-6-3)71-65(68)59-56-53-50-47-44-41-38-34-29-26-23-20-17-14-11-8-5-2/h18,21,25-29,36,42,45,62H,4-17,19-20,22-24,30-35,37-41,43-44,46-61H2,1-3H3/b21-18-,28-25-,29-26-,36-27-,45-42-/t62-/m1/s1. The minimum Gasteiger partial charge on any atom is -0.462 e. The van der Waals surface area contributed by atoms with Crippen molar-refractivity contribution in [1.82, 2.24) is 0 Å². The fourth-order valence-electron chi connectivity index (χ4n) is 8.79. The van der Waals surface area contributed by atoms with Gasteiger partial charge >= 0.3 is 17.9 Å². The lowest BCUT2D eigenvalue weighted by atomic mass is 10.0. The van der Waals surface area contributed by atoms with Crippen LogP contribution in [0.25, 0.3) is 0 Å². The first-order valence-electron chi connectivity index (χ1n) is 30.8. The van der Waals surface area contributed by atoms with Gasteiger partial charge < -0.3 is 14.2 Å². The Morgan fingerprint density at radius 3 is 0.859 bits per heavy atom. The summed E-state index contributed by atoms with van der Waals surface area (Å²) in [4.78, 5) is 38.2. The summed E-state index contributed by atoms with van der Waals surface area (Å²) in [5.41, 5.74) is 0. The van der Waals surface area contributed by atoms with E-state index in [1.165, 1.54) is 205 Å². The van der Waals surface area contributed by atoms with Crippen LogP contribution in [0.3, 0.4) is 0 Å². The Bertz CT molecular complexity index is 1280. The molecule has 0 aromatic carbocycles. The van der Waals surface area contributed by atoms with E-state index in [-0.39, 0.29) is 31.1 Å². The molecule has 0 amide bonds. The Morgan fingerprint density at radius 2 is 0.507 bits per heavy atom. The first-order chi connectivity index (χ1) is 35.0. The average Bonchev–Trinajstić information content (AvgIpc) is 3.37. The maximum atomic E-state index is 12.9. The van der Waals surface area contributed by atoms with E-state index in [2.05, 4.69) is 81.5 Å². The van der Waals surface area contributed by atoms with Gasteiger partial charge in [-0.3, -0.25) is 14.4 Å². The van der Waals surface area contributed by atoms with Crippen LogP contribution >= 0.6 is 0 Å². The lowest BCUT2D eigenvalue weighted by Crippen LogP contribution is -2.30. The van der Waals surface area contributed by atoms with Gasteiger partial charge in [0, 0.05) is 19.3 Å². The third-order valence-electron chi connectivity index (χ3n) is 13.5. The van der Waals surface area contributed by atoms with Gasteiger partial charge in [-0.2, -0.15) is 0 Å². The molecular weight excluding hydrogens is 877 g/mol. The number of unbranched alkanes of at least 4 members (excludes halogenated alkanes) is 35. The summed E-state index contributed by atoms with van der Waals surface area (Å²) in [6, 6.07) is 0. The molecule has 0 aromatic rings. The van der Waals surface area contributed by atoms with Crippen LogP contribution in [0.2, 0.25) is 0 Å². The van der Waals surface area contributed by atoms with E-state index in [0.29, 0.717) is 19.3 Å². The normalized spacial score (nSPS) is 12.4. The van der Waals surface area contributed by atoms with E-state index in [0.717, 1.165) is 70.6 Å². The minimum atomic E-state index is -0.792. The second-order valence-corrected chi connectivity index (χ2v) is 20.6. The lowest BCUT2D eigenvalue weighted by Gasteiger charge is -2.18. The molecule has 0 aliphatic heterocycles. The summed E-state index contributed by atoms with van der Waals surface area (Å²) in [6.45, 7) is 6.60. The zero-order valence-corrected chi connectivity index (χ0v) is 47.2. The van der Waals surface area contributed by atoms with Crippen LogP contribution in [0.4, 0.5) is 0 Å². The van der Waals surface area contributed by atoms with Crippen LogP contribution in [0, 0.1) is 0 Å². The molecule has 0 aromatic heterocycles. The fraction of sp³-hybridized carbons (Fsp3) is 0.800. The van der Waals surface area contributed by atoms with Crippen molar-refractivity contribution in [3.8, 4) is 0 Å². The summed E-state index contributed by atoms with van der Waals surface area (Å²) >= 11 is 0. The first kappa shape index (κ1) is 68.1. The summed E-state index contributed by atoms with van der Waals surface area (Å²) in [5, 5.41) is 0. The van der Waals surface area contributed by atoms with Gasteiger partial charge in [0.2, 0.25) is 0 Å². The smallest absolute Gasteiger partial charge is 0.306 e. The number of hydrogen-bond donors (Lipinski definition) is 0. The van der Waals surface area contributed by atoms with Crippen LogP contribution in [-0.2, 0) is 28.6 Å². The second-order valence-electron chi connectivity index (χ2n) is 20.6. The highest BCUT2D eigenvalue weighted by Gasteiger charge is 2.19. The van der Waals surface area contributed by atoms with Gasteiger partial charge in [-0.1, -0.05) is 248 Å². The van der Waals surface area contributed by atoms with Gasteiger partial charge in [-0.15, -0.1) is 0 Å². The van der Waals surface area contributed by atoms with Crippen molar-refractivity contribution in [2.45, 2.75) is 322 Å².